The fraction of sp³-hybridized carbons (Fsp3) is 0.429. The van der Waals surface area contributed by atoms with Crippen LogP contribution < -0.4 is 10.1 Å². The highest BCUT2D eigenvalue weighted by Gasteiger charge is 2.30. The maximum Gasteiger partial charge on any atom is 0.396 e. The van der Waals surface area contributed by atoms with Gasteiger partial charge in [0.2, 0.25) is 0 Å². The molecule has 0 bridgehead atoms. The quantitative estimate of drug-likeness (QED) is 0.610. The number of esters is 1. The second-order valence-corrected chi connectivity index (χ2v) is 4.42. The molecule has 1 aliphatic heterocycles. The fourth-order valence-electron chi connectivity index (χ4n) is 2.10. The van der Waals surface area contributed by atoms with Crippen LogP contribution in [0.4, 0.5) is 0 Å². The Labute approximate surface area is 116 Å². The van der Waals surface area contributed by atoms with Crippen molar-refractivity contribution < 1.29 is 24.2 Å². The van der Waals surface area contributed by atoms with Crippen molar-refractivity contribution >= 4 is 11.9 Å². The van der Waals surface area contributed by atoms with E-state index >= 15 is 0 Å². The smallest absolute Gasteiger partial charge is 0.396 e. The normalized spacial score (nSPS) is 21.1. The van der Waals surface area contributed by atoms with Crippen molar-refractivity contribution in [1.29, 1.82) is 0 Å². The van der Waals surface area contributed by atoms with Gasteiger partial charge < -0.3 is 19.9 Å². The summed E-state index contributed by atoms with van der Waals surface area (Å²) in [7, 11) is 0. The lowest BCUT2D eigenvalue weighted by Gasteiger charge is -2.21. The molecule has 0 saturated carbocycles. The molecule has 1 heterocycles. The number of carbonyl (C=O) groups is 2. The Morgan fingerprint density at radius 3 is 2.95 bits per heavy atom. The Morgan fingerprint density at radius 2 is 2.20 bits per heavy atom. The summed E-state index contributed by atoms with van der Waals surface area (Å²) in [5.41, 5.74) is 0.596. The molecular formula is C14H17NO5. The first-order valence-electron chi connectivity index (χ1n) is 6.51. The molecule has 1 aromatic rings. The largest absolute Gasteiger partial charge is 0.493 e. The summed E-state index contributed by atoms with van der Waals surface area (Å²) >= 11 is 0. The van der Waals surface area contributed by atoms with Crippen molar-refractivity contribution in [3.63, 3.8) is 0 Å². The summed E-state index contributed by atoms with van der Waals surface area (Å²) in [4.78, 5) is 22.9. The monoisotopic (exact) mass is 279 g/mol. The summed E-state index contributed by atoms with van der Waals surface area (Å²) < 4.78 is 10.1. The number of rotatable bonds is 2. The summed E-state index contributed by atoms with van der Waals surface area (Å²) in [6.07, 6.45) is -0.520. The van der Waals surface area contributed by atoms with E-state index in [9.17, 15) is 14.7 Å². The summed E-state index contributed by atoms with van der Waals surface area (Å²) in [5, 5.41) is 12.8. The molecule has 1 aromatic carbocycles. The molecule has 6 nitrogen and oxygen atoms in total. The van der Waals surface area contributed by atoms with Gasteiger partial charge in [0.15, 0.2) is 0 Å². The third kappa shape index (κ3) is 3.08. The van der Waals surface area contributed by atoms with Gasteiger partial charge in [-0.3, -0.25) is 4.79 Å². The molecule has 2 atom stereocenters. The standard InChI is InChI=1S/C14H17NO5/c1-2-19-14(18)13(17)15-10-7-8-20-11-6-4-3-5-9(11)12(10)16/h3-6,10,12,16H,2,7-8H2,1H3,(H,15,17). The predicted molar refractivity (Wildman–Crippen MR) is 70.1 cm³/mol. The molecule has 108 valence electrons. The van der Waals surface area contributed by atoms with Crippen LogP contribution in [-0.2, 0) is 14.3 Å². The van der Waals surface area contributed by atoms with Crippen molar-refractivity contribution in [2.75, 3.05) is 13.2 Å². The molecule has 0 aromatic heterocycles. The Morgan fingerprint density at radius 1 is 1.45 bits per heavy atom. The van der Waals surface area contributed by atoms with E-state index < -0.39 is 24.0 Å². The van der Waals surface area contributed by atoms with Gasteiger partial charge in [0.05, 0.1) is 19.3 Å². The highest BCUT2D eigenvalue weighted by molar-refractivity contribution is 6.32. The predicted octanol–water partition coefficient (Wildman–Crippen LogP) is 0.550. The molecule has 1 aliphatic rings. The van der Waals surface area contributed by atoms with Crippen LogP contribution in [0.2, 0.25) is 0 Å². The van der Waals surface area contributed by atoms with Gasteiger partial charge in [-0.1, -0.05) is 18.2 Å². The molecule has 0 radical (unpaired) electrons. The lowest BCUT2D eigenvalue weighted by molar-refractivity contribution is -0.155. The molecule has 0 saturated heterocycles. The van der Waals surface area contributed by atoms with Gasteiger partial charge in [-0.15, -0.1) is 0 Å². The van der Waals surface area contributed by atoms with Gasteiger partial charge in [0, 0.05) is 12.0 Å². The van der Waals surface area contributed by atoms with Crippen molar-refractivity contribution in [1.82, 2.24) is 5.32 Å². The highest BCUT2D eigenvalue weighted by atomic mass is 16.5. The summed E-state index contributed by atoms with van der Waals surface area (Å²) in [6, 6.07) is 6.49. The number of fused-ring (bicyclic) bond motifs is 1. The minimum Gasteiger partial charge on any atom is -0.493 e. The van der Waals surface area contributed by atoms with Crippen LogP contribution in [0.1, 0.15) is 25.0 Å². The molecule has 0 aliphatic carbocycles. The second kappa shape index (κ2) is 6.38. The molecule has 2 N–H and O–H groups in total. The minimum absolute atomic E-state index is 0.130. The van der Waals surface area contributed by atoms with Crippen LogP contribution in [0.3, 0.4) is 0 Å². The number of hydrogen-bond acceptors (Lipinski definition) is 5. The SMILES string of the molecule is CCOC(=O)C(=O)NC1CCOc2ccccc2C1O. The van der Waals surface area contributed by atoms with E-state index in [0.29, 0.717) is 24.3 Å². The van der Waals surface area contributed by atoms with E-state index in [-0.39, 0.29) is 6.61 Å². The number of nitrogens with one attached hydrogen (secondary N) is 1. The molecule has 0 fully saturated rings. The van der Waals surface area contributed by atoms with Crippen LogP contribution in [-0.4, -0.2) is 36.2 Å². The van der Waals surface area contributed by atoms with E-state index in [1.54, 1.807) is 25.1 Å². The number of aliphatic hydroxyl groups is 1. The third-order valence-corrected chi connectivity index (χ3v) is 3.08. The minimum atomic E-state index is -0.946. The fourth-order valence-corrected chi connectivity index (χ4v) is 2.10. The lowest BCUT2D eigenvalue weighted by Crippen LogP contribution is -2.43. The van der Waals surface area contributed by atoms with Gasteiger partial charge in [-0.05, 0) is 13.0 Å². The first-order chi connectivity index (χ1) is 9.63. The van der Waals surface area contributed by atoms with Gasteiger partial charge >= 0.3 is 11.9 Å². The van der Waals surface area contributed by atoms with E-state index in [1.165, 1.54) is 0 Å². The maximum atomic E-state index is 11.6. The number of ether oxygens (including phenoxy) is 2. The van der Waals surface area contributed by atoms with Crippen LogP contribution >= 0.6 is 0 Å². The zero-order chi connectivity index (χ0) is 14.5. The van der Waals surface area contributed by atoms with Crippen molar-refractivity contribution in [2.24, 2.45) is 0 Å². The van der Waals surface area contributed by atoms with Gasteiger partial charge in [-0.2, -0.15) is 0 Å². The number of para-hydroxylation sites is 1. The zero-order valence-electron chi connectivity index (χ0n) is 11.2. The van der Waals surface area contributed by atoms with Crippen LogP contribution in [0, 0.1) is 0 Å². The molecular weight excluding hydrogens is 262 g/mol. The topological polar surface area (TPSA) is 84.9 Å². The average Bonchev–Trinajstić information content (AvgIpc) is 2.60. The van der Waals surface area contributed by atoms with Crippen LogP contribution in [0.5, 0.6) is 5.75 Å². The van der Waals surface area contributed by atoms with Gasteiger partial charge in [0.25, 0.3) is 0 Å². The Kier molecular flexibility index (Phi) is 4.57. The molecule has 20 heavy (non-hydrogen) atoms. The average molecular weight is 279 g/mol. The number of benzene rings is 1. The van der Waals surface area contributed by atoms with Crippen LogP contribution in [0.25, 0.3) is 0 Å². The third-order valence-electron chi connectivity index (χ3n) is 3.08. The highest BCUT2D eigenvalue weighted by Crippen LogP contribution is 2.31. The van der Waals surface area contributed by atoms with Crippen molar-refractivity contribution in [3.8, 4) is 5.75 Å². The number of hydrogen-bond donors (Lipinski definition) is 2. The first kappa shape index (κ1) is 14.3. The Balaban J connectivity index is 2.10. The van der Waals surface area contributed by atoms with Crippen LogP contribution in [0.15, 0.2) is 24.3 Å². The first-order valence-corrected chi connectivity index (χ1v) is 6.51. The zero-order valence-corrected chi connectivity index (χ0v) is 11.2. The van der Waals surface area contributed by atoms with E-state index in [4.69, 9.17) is 4.74 Å². The van der Waals surface area contributed by atoms with Crippen molar-refractivity contribution in [3.05, 3.63) is 29.8 Å². The lowest BCUT2D eigenvalue weighted by atomic mass is 10.0. The van der Waals surface area contributed by atoms with Crippen molar-refractivity contribution in [2.45, 2.75) is 25.5 Å². The van der Waals surface area contributed by atoms with E-state index in [2.05, 4.69) is 10.1 Å². The summed E-state index contributed by atoms with van der Waals surface area (Å²) in [6.45, 7) is 2.10. The van der Waals surface area contributed by atoms with E-state index in [1.807, 2.05) is 6.07 Å². The van der Waals surface area contributed by atoms with E-state index in [0.717, 1.165) is 0 Å². The molecule has 2 unspecified atom stereocenters. The molecule has 1 amide bonds. The van der Waals surface area contributed by atoms with Gasteiger partial charge in [-0.25, -0.2) is 4.79 Å². The number of carbonyl (C=O) groups excluding carboxylic acids is 2. The maximum absolute atomic E-state index is 11.6. The Bertz CT molecular complexity index is 502. The number of aliphatic hydroxyl groups excluding tert-OH is 1. The summed E-state index contributed by atoms with van der Waals surface area (Å²) in [5.74, 6) is -1.21. The molecule has 2 rings (SSSR count). The van der Waals surface area contributed by atoms with Gasteiger partial charge in [0.1, 0.15) is 11.9 Å². The number of amides is 1. The molecule has 6 heteroatoms. The Hall–Kier alpha value is -2.08. The second-order valence-electron chi connectivity index (χ2n) is 4.42. The molecule has 0 spiro atoms.